The summed E-state index contributed by atoms with van der Waals surface area (Å²) in [6, 6.07) is 5.17. The third-order valence-electron chi connectivity index (χ3n) is 6.88. The van der Waals surface area contributed by atoms with Crippen LogP contribution in [0, 0.1) is 5.92 Å². The molecule has 0 saturated carbocycles. The van der Waals surface area contributed by atoms with Crippen molar-refractivity contribution in [2.45, 2.75) is 50.6 Å². The summed E-state index contributed by atoms with van der Waals surface area (Å²) in [4.78, 5) is 19.0. The molecule has 3 aliphatic rings. The average Bonchev–Trinajstić information content (AvgIpc) is 3.30. The first-order valence-corrected chi connectivity index (χ1v) is 10.7. The lowest BCUT2D eigenvalue weighted by atomic mass is 9.91. The number of nitrogens with zero attached hydrogens (tertiary/aromatic N) is 6. The van der Waals surface area contributed by atoms with Crippen LogP contribution in [0.2, 0.25) is 0 Å². The molecule has 0 aliphatic carbocycles. The van der Waals surface area contributed by atoms with Crippen LogP contribution in [-0.2, 0) is 6.42 Å². The second kappa shape index (κ2) is 6.66. The van der Waals surface area contributed by atoms with Crippen LogP contribution in [0.15, 0.2) is 24.5 Å². The fourth-order valence-corrected chi connectivity index (χ4v) is 5.56. The van der Waals surface area contributed by atoms with E-state index in [1.165, 1.54) is 25.7 Å². The molecule has 2 saturated heterocycles. The molecule has 3 aromatic rings. The van der Waals surface area contributed by atoms with Crippen LogP contribution in [0.25, 0.3) is 11.2 Å². The number of hydrogen-bond donors (Lipinski definition) is 2. The van der Waals surface area contributed by atoms with Gasteiger partial charge in [-0.05, 0) is 63.1 Å². The van der Waals surface area contributed by atoms with E-state index in [1.807, 2.05) is 18.5 Å². The highest BCUT2D eigenvalue weighted by Gasteiger charge is 2.41. The van der Waals surface area contributed by atoms with Gasteiger partial charge >= 0.3 is 0 Å². The fraction of sp³-hybridized carbons (Fsp3) is 0.524. The second-order valence-electron chi connectivity index (χ2n) is 8.56. The minimum absolute atomic E-state index is 0.538. The largest absolute Gasteiger partial charge is 0.349 e. The lowest BCUT2D eigenvalue weighted by molar-refractivity contribution is 0.345. The van der Waals surface area contributed by atoms with Gasteiger partial charge in [0.1, 0.15) is 5.82 Å². The monoisotopic (exact) mass is 390 g/mol. The standard InChI is InChI=1S/C21H26N8/c22-11-13-9-14-5-6-15(10-13)29(14)18-12-24-19-20(25-18)26-27-21(19)28-8-2-3-16-17(28)4-1-7-23-16/h1,4,7,12-15H,2-3,5-6,8-11,22H2,(H,25,26,27)/t13?,14-,15+. The van der Waals surface area contributed by atoms with Gasteiger partial charge in [0.05, 0.1) is 17.6 Å². The van der Waals surface area contributed by atoms with E-state index in [1.54, 1.807) is 0 Å². The Bertz CT molecular complexity index is 1030. The molecular weight excluding hydrogens is 364 g/mol. The maximum atomic E-state index is 5.95. The smallest absolute Gasteiger partial charge is 0.183 e. The Morgan fingerprint density at radius 2 is 2.03 bits per heavy atom. The number of aromatic amines is 1. The summed E-state index contributed by atoms with van der Waals surface area (Å²) in [6.07, 6.45) is 10.6. The topological polar surface area (TPSA) is 99.9 Å². The highest BCUT2D eigenvalue weighted by atomic mass is 15.3. The van der Waals surface area contributed by atoms with E-state index >= 15 is 0 Å². The Kier molecular flexibility index (Phi) is 3.94. The van der Waals surface area contributed by atoms with Crippen molar-refractivity contribution in [3.8, 4) is 0 Å². The molecule has 8 heteroatoms. The maximum Gasteiger partial charge on any atom is 0.183 e. The van der Waals surface area contributed by atoms with Gasteiger partial charge in [-0.3, -0.25) is 10.1 Å². The lowest BCUT2D eigenvalue weighted by Gasteiger charge is -2.39. The predicted molar refractivity (Wildman–Crippen MR) is 112 cm³/mol. The van der Waals surface area contributed by atoms with Gasteiger partial charge in [-0.15, -0.1) is 0 Å². The molecule has 3 atom stereocenters. The molecule has 8 nitrogen and oxygen atoms in total. The van der Waals surface area contributed by atoms with Crippen LogP contribution >= 0.6 is 0 Å². The molecule has 1 unspecified atom stereocenters. The Hall–Kier alpha value is -2.74. The van der Waals surface area contributed by atoms with Gasteiger partial charge < -0.3 is 15.5 Å². The molecule has 29 heavy (non-hydrogen) atoms. The molecule has 2 bridgehead atoms. The van der Waals surface area contributed by atoms with Crippen molar-refractivity contribution < 1.29 is 0 Å². The van der Waals surface area contributed by atoms with Crippen molar-refractivity contribution in [1.82, 2.24) is 25.1 Å². The third kappa shape index (κ3) is 2.69. The van der Waals surface area contributed by atoms with Gasteiger partial charge in [0.2, 0.25) is 0 Å². The van der Waals surface area contributed by atoms with E-state index in [4.69, 9.17) is 15.7 Å². The summed E-state index contributed by atoms with van der Waals surface area (Å²) in [6.45, 7) is 1.71. The average molecular weight is 390 g/mol. The highest BCUT2D eigenvalue weighted by Crippen LogP contribution is 2.41. The van der Waals surface area contributed by atoms with Gasteiger partial charge in [-0.25, -0.2) is 9.97 Å². The minimum atomic E-state index is 0.538. The zero-order valence-electron chi connectivity index (χ0n) is 16.5. The van der Waals surface area contributed by atoms with Crippen molar-refractivity contribution in [3.05, 3.63) is 30.2 Å². The minimum Gasteiger partial charge on any atom is -0.349 e. The zero-order valence-corrected chi connectivity index (χ0v) is 16.5. The molecule has 6 heterocycles. The van der Waals surface area contributed by atoms with Gasteiger partial charge in [-0.1, -0.05) is 0 Å². The number of nitrogens with one attached hydrogen (secondary N) is 1. The number of rotatable bonds is 3. The Balaban J connectivity index is 1.35. The quantitative estimate of drug-likeness (QED) is 0.709. The van der Waals surface area contributed by atoms with Crippen molar-refractivity contribution >= 4 is 28.5 Å². The number of piperidine rings is 1. The van der Waals surface area contributed by atoms with E-state index in [9.17, 15) is 0 Å². The fourth-order valence-electron chi connectivity index (χ4n) is 5.56. The first-order valence-electron chi connectivity index (χ1n) is 10.7. The number of fused-ring (bicyclic) bond motifs is 4. The van der Waals surface area contributed by atoms with Crippen molar-refractivity contribution in [3.63, 3.8) is 0 Å². The molecule has 0 radical (unpaired) electrons. The van der Waals surface area contributed by atoms with Crippen molar-refractivity contribution in [2.75, 3.05) is 22.9 Å². The zero-order chi connectivity index (χ0) is 19.4. The lowest BCUT2D eigenvalue weighted by Crippen LogP contribution is -2.45. The van der Waals surface area contributed by atoms with E-state index in [-0.39, 0.29) is 0 Å². The number of aryl methyl sites for hydroxylation is 1. The Morgan fingerprint density at radius 3 is 2.86 bits per heavy atom. The highest BCUT2D eigenvalue weighted by molar-refractivity contribution is 5.87. The molecule has 2 fully saturated rings. The van der Waals surface area contributed by atoms with E-state index in [2.05, 4.69) is 31.0 Å². The normalized spacial score (nSPS) is 26.2. The van der Waals surface area contributed by atoms with Crippen molar-refractivity contribution in [2.24, 2.45) is 11.7 Å². The van der Waals surface area contributed by atoms with Crippen LogP contribution in [0.4, 0.5) is 17.3 Å². The van der Waals surface area contributed by atoms with Crippen LogP contribution in [-0.4, -0.2) is 50.3 Å². The summed E-state index contributed by atoms with van der Waals surface area (Å²) in [5, 5.41) is 7.73. The van der Waals surface area contributed by atoms with Crippen LogP contribution in [0.5, 0.6) is 0 Å². The van der Waals surface area contributed by atoms with Gasteiger partial charge in [0.25, 0.3) is 0 Å². The number of pyridine rings is 1. The number of nitrogens with two attached hydrogens (primary N) is 1. The predicted octanol–water partition coefficient (Wildman–Crippen LogP) is 2.54. The van der Waals surface area contributed by atoms with E-state index in [0.29, 0.717) is 18.0 Å². The van der Waals surface area contributed by atoms with Gasteiger partial charge in [0, 0.05) is 24.8 Å². The first-order chi connectivity index (χ1) is 14.3. The number of H-pyrrole nitrogens is 1. The molecule has 3 aliphatic heterocycles. The number of anilines is 3. The molecule has 0 spiro atoms. The molecule has 3 N–H and O–H groups in total. The van der Waals surface area contributed by atoms with Gasteiger partial charge in [0.15, 0.2) is 17.0 Å². The molecule has 150 valence electrons. The summed E-state index contributed by atoms with van der Waals surface area (Å²) >= 11 is 0. The summed E-state index contributed by atoms with van der Waals surface area (Å²) in [5.74, 6) is 2.46. The molecule has 3 aromatic heterocycles. The maximum absolute atomic E-state index is 5.95. The number of hydrogen-bond acceptors (Lipinski definition) is 7. The SMILES string of the molecule is NCC1C[C@H]2CC[C@@H](C1)N2c1cnc2c(N3CCCc4ncccc43)n[nH]c2n1. The van der Waals surface area contributed by atoms with Crippen LogP contribution in [0.1, 0.15) is 37.8 Å². The molecule has 6 rings (SSSR count). The first kappa shape index (κ1) is 17.1. The Labute approximate surface area is 169 Å². The molecule has 0 aromatic carbocycles. The summed E-state index contributed by atoms with van der Waals surface area (Å²) < 4.78 is 0. The molecule has 0 amide bonds. The second-order valence-corrected chi connectivity index (χ2v) is 8.56. The van der Waals surface area contributed by atoms with Gasteiger partial charge in [-0.2, -0.15) is 5.10 Å². The Morgan fingerprint density at radius 1 is 1.17 bits per heavy atom. The van der Waals surface area contributed by atoms with E-state index in [0.717, 1.165) is 60.1 Å². The molecular formula is C21H26N8. The number of aromatic nitrogens is 5. The van der Waals surface area contributed by atoms with E-state index < -0.39 is 0 Å². The summed E-state index contributed by atoms with van der Waals surface area (Å²) in [5.41, 5.74) is 9.79. The third-order valence-corrected chi connectivity index (χ3v) is 6.88. The van der Waals surface area contributed by atoms with Crippen LogP contribution in [0.3, 0.4) is 0 Å². The van der Waals surface area contributed by atoms with Crippen molar-refractivity contribution in [1.29, 1.82) is 0 Å². The summed E-state index contributed by atoms with van der Waals surface area (Å²) in [7, 11) is 0. The van der Waals surface area contributed by atoms with Crippen LogP contribution < -0.4 is 15.5 Å².